The fraction of sp³-hybridized carbons (Fsp3) is 0.625. The van der Waals surface area contributed by atoms with Crippen LogP contribution in [0.2, 0.25) is 0 Å². The van der Waals surface area contributed by atoms with Gasteiger partial charge in [-0.25, -0.2) is 0 Å². The number of alkyl halides is 1. The Morgan fingerprint density at radius 1 is 0.765 bits per heavy atom. The third-order valence-corrected chi connectivity index (χ3v) is 3.89. The topological polar surface area (TPSA) is 0 Å². The molecule has 0 saturated carbocycles. The predicted molar refractivity (Wildman–Crippen MR) is 80.8 cm³/mol. The summed E-state index contributed by atoms with van der Waals surface area (Å²) in [6.07, 6.45) is 11.0. The number of hydrogen-bond donors (Lipinski definition) is 0. The van der Waals surface area contributed by atoms with E-state index in [0.717, 1.165) is 5.33 Å². The highest BCUT2D eigenvalue weighted by atomic mass is 79.9. The van der Waals surface area contributed by atoms with Crippen LogP contribution in [0.4, 0.5) is 0 Å². The van der Waals surface area contributed by atoms with E-state index in [-0.39, 0.29) is 0 Å². The Kier molecular flexibility index (Phi) is 8.42. The van der Waals surface area contributed by atoms with Crippen molar-refractivity contribution in [3.8, 4) is 0 Å². The van der Waals surface area contributed by atoms with Gasteiger partial charge in [-0.3, -0.25) is 0 Å². The average Bonchev–Trinajstić information content (AvgIpc) is 2.38. The molecule has 0 nitrogen and oxygen atoms in total. The molecule has 1 rings (SSSR count). The maximum atomic E-state index is 3.48. The van der Waals surface area contributed by atoms with Gasteiger partial charge in [0, 0.05) is 5.33 Å². The number of benzene rings is 1. The highest BCUT2D eigenvalue weighted by Crippen LogP contribution is 2.12. The lowest BCUT2D eigenvalue weighted by Crippen LogP contribution is -1.87. The Balaban J connectivity index is 2.05. The van der Waals surface area contributed by atoms with Crippen molar-refractivity contribution in [2.75, 3.05) is 0 Å². The van der Waals surface area contributed by atoms with Gasteiger partial charge in [0.25, 0.3) is 0 Å². The van der Waals surface area contributed by atoms with Gasteiger partial charge >= 0.3 is 0 Å². The van der Waals surface area contributed by atoms with Crippen molar-refractivity contribution in [1.82, 2.24) is 0 Å². The molecule has 0 heterocycles. The van der Waals surface area contributed by atoms with E-state index in [2.05, 4.69) is 47.1 Å². The van der Waals surface area contributed by atoms with Crippen molar-refractivity contribution >= 4 is 15.9 Å². The van der Waals surface area contributed by atoms with Gasteiger partial charge in [-0.2, -0.15) is 0 Å². The molecule has 96 valence electrons. The summed E-state index contributed by atoms with van der Waals surface area (Å²) in [6, 6.07) is 9.00. The molecule has 0 fully saturated rings. The lowest BCUT2D eigenvalue weighted by Gasteiger charge is -2.03. The summed E-state index contributed by atoms with van der Waals surface area (Å²) in [5.74, 6) is 0. The van der Waals surface area contributed by atoms with Crippen LogP contribution in [-0.4, -0.2) is 0 Å². The molecule has 0 N–H and O–H groups in total. The van der Waals surface area contributed by atoms with Crippen LogP contribution >= 0.6 is 15.9 Å². The monoisotopic (exact) mass is 296 g/mol. The molecule has 0 aliphatic carbocycles. The van der Waals surface area contributed by atoms with E-state index in [0.29, 0.717) is 0 Å². The zero-order valence-corrected chi connectivity index (χ0v) is 12.6. The number of aryl methyl sites for hydroxylation is 1. The van der Waals surface area contributed by atoms with Crippen LogP contribution in [0.5, 0.6) is 0 Å². The smallest absolute Gasteiger partial charge is 0.0283 e. The number of unbranched alkanes of at least 4 members (excludes halogenated alkanes) is 6. The van der Waals surface area contributed by atoms with Crippen LogP contribution in [0.1, 0.15) is 63.0 Å². The second-order valence-corrected chi connectivity index (χ2v) is 5.38. The van der Waals surface area contributed by atoms with E-state index in [9.17, 15) is 0 Å². The minimum Gasteiger partial charge on any atom is -0.0876 e. The van der Waals surface area contributed by atoms with Crippen molar-refractivity contribution in [2.24, 2.45) is 0 Å². The molecule has 0 saturated heterocycles. The number of halogens is 1. The van der Waals surface area contributed by atoms with Gasteiger partial charge < -0.3 is 0 Å². The zero-order chi connectivity index (χ0) is 12.3. The van der Waals surface area contributed by atoms with Gasteiger partial charge in [-0.05, 0) is 24.0 Å². The Bertz CT molecular complexity index is 276. The van der Waals surface area contributed by atoms with Crippen LogP contribution in [0.15, 0.2) is 24.3 Å². The Labute approximate surface area is 115 Å². The standard InChI is InChI=1S/C16H25Br/c1-2-3-4-5-6-7-8-9-15-10-12-16(14-17)13-11-15/h10-13H,2-9,14H2,1H3. The van der Waals surface area contributed by atoms with E-state index in [1.807, 2.05) is 0 Å². The molecule has 0 aliphatic heterocycles. The van der Waals surface area contributed by atoms with Crippen LogP contribution in [0, 0.1) is 0 Å². The largest absolute Gasteiger partial charge is 0.0876 e. The van der Waals surface area contributed by atoms with E-state index in [1.54, 1.807) is 0 Å². The summed E-state index contributed by atoms with van der Waals surface area (Å²) in [4.78, 5) is 0. The molecular weight excluding hydrogens is 272 g/mol. The van der Waals surface area contributed by atoms with Gasteiger partial charge in [-0.15, -0.1) is 0 Å². The lowest BCUT2D eigenvalue weighted by molar-refractivity contribution is 0.589. The highest BCUT2D eigenvalue weighted by Gasteiger charge is 1.95. The normalized spacial score (nSPS) is 10.7. The predicted octanol–water partition coefficient (Wildman–Crippen LogP) is 5.87. The Morgan fingerprint density at radius 2 is 1.29 bits per heavy atom. The summed E-state index contributed by atoms with van der Waals surface area (Å²) in [5, 5.41) is 0.963. The fourth-order valence-electron chi connectivity index (χ4n) is 2.08. The third-order valence-electron chi connectivity index (χ3n) is 3.25. The maximum absolute atomic E-state index is 3.48. The molecule has 1 aromatic rings. The first-order valence-corrected chi connectivity index (χ1v) is 8.12. The van der Waals surface area contributed by atoms with Crippen molar-refractivity contribution < 1.29 is 0 Å². The van der Waals surface area contributed by atoms with E-state index >= 15 is 0 Å². The fourth-order valence-corrected chi connectivity index (χ4v) is 2.46. The molecule has 0 radical (unpaired) electrons. The highest BCUT2D eigenvalue weighted by molar-refractivity contribution is 9.08. The van der Waals surface area contributed by atoms with E-state index < -0.39 is 0 Å². The summed E-state index contributed by atoms with van der Waals surface area (Å²) in [6.45, 7) is 2.27. The third kappa shape index (κ3) is 6.88. The second kappa shape index (κ2) is 9.70. The molecule has 17 heavy (non-hydrogen) atoms. The van der Waals surface area contributed by atoms with Crippen molar-refractivity contribution in [1.29, 1.82) is 0 Å². The first-order valence-electron chi connectivity index (χ1n) is 7.00. The molecule has 1 aromatic carbocycles. The van der Waals surface area contributed by atoms with E-state index in [1.165, 1.54) is 62.5 Å². The number of rotatable bonds is 9. The van der Waals surface area contributed by atoms with Gasteiger partial charge in [0.15, 0.2) is 0 Å². The molecule has 0 bridgehead atoms. The van der Waals surface area contributed by atoms with Crippen LogP contribution < -0.4 is 0 Å². The average molecular weight is 297 g/mol. The number of hydrogen-bond acceptors (Lipinski definition) is 0. The summed E-state index contributed by atoms with van der Waals surface area (Å²) in [5.41, 5.74) is 2.86. The summed E-state index contributed by atoms with van der Waals surface area (Å²) in [7, 11) is 0. The lowest BCUT2D eigenvalue weighted by atomic mass is 10.0. The molecular formula is C16H25Br. The molecule has 0 atom stereocenters. The van der Waals surface area contributed by atoms with Crippen LogP contribution in [0.3, 0.4) is 0 Å². The molecule has 0 aliphatic rings. The van der Waals surface area contributed by atoms with Crippen molar-refractivity contribution in [2.45, 2.75) is 63.6 Å². The van der Waals surface area contributed by atoms with Gasteiger partial charge in [0.1, 0.15) is 0 Å². The van der Waals surface area contributed by atoms with Crippen molar-refractivity contribution in [3.05, 3.63) is 35.4 Å². The second-order valence-electron chi connectivity index (χ2n) is 4.82. The first-order chi connectivity index (χ1) is 8.36. The van der Waals surface area contributed by atoms with E-state index in [4.69, 9.17) is 0 Å². The summed E-state index contributed by atoms with van der Waals surface area (Å²) < 4.78 is 0. The molecule has 0 amide bonds. The quantitative estimate of drug-likeness (QED) is 0.395. The minimum atomic E-state index is 0.963. The maximum Gasteiger partial charge on any atom is 0.0283 e. The molecule has 0 aromatic heterocycles. The first kappa shape index (κ1) is 14.8. The molecule has 0 spiro atoms. The van der Waals surface area contributed by atoms with Gasteiger partial charge in [-0.1, -0.05) is 85.6 Å². The van der Waals surface area contributed by atoms with Crippen LogP contribution in [0.25, 0.3) is 0 Å². The molecule has 1 heteroatoms. The molecule has 0 unspecified atom stereocenters. The zero-order valence-electron chi connectivity index (χ0n) is 11.1. The van der Waals surface area contributed by atoms with Crippen molar-refractivity contribution in [3.63, 3.8) is 0 Å². The SMILES string of the molecule is CCCCCCCCCc1ccc(CBr)cc1. The Morgan fingerprint density at radius 3 is 1.88 bits per heavy atom. The minimum absolute atomic E-state index is 0.963. The van der Waals surface area contributed by atoms with Crippen LogP contribution in [-0.2, 0) is 11.8 Å². The van der Waals surface area contributed by atoms with Gasteiger partial charge in [0.05, 0.1) is 0 Å². The van der Waals surface area contributed by atoms with Gasteiger partial charge in [0.2, 0.25) is 0 Å². The Hall–Kier alpha value is -0.300. The summed E-state index contributed by atoms with van der Waals surface area (Å²) >= 11 is 3.48.